The molecule has 7 heteroatoms. The van der Waals surface area contributed by atoms with Gasteiger partial charge in [-0.3, -0.25) is 4.79 Å². The number of rotatable bonds is 6. The number of aromatic nitrogens is 2. The quantitative estimate of drug-likeness (QED) is 0.754. The van der Waals surface area contributed by atoms with Crippen LogP contribution in [0.5, 0.6) is 0 Å². The molecule has 1 aromatic rings. The van der Waals surface area contributed by atoms with Gasteiger partial charge in [0.15, 0.2) is 0 Å². The van der Waals surface area contributed by atoms with E-state index in [9.17, 15) is 14.7 Å². The summed E-state index contributed by atoms with van der Waals surface area (Å²) in [6.45, 7) is 5.00. The van der Waals surface area contributed by atoms with E-state index in [1.807, 2.05) is 4.57 Å². The van der Waals surface area contributed by atoms with Crippen LogP contribution in [0.4, 0.5) is 0 Å². The summed E-state index contributed by atoms with van der Waals surface area (Å²) >= 11 is 0. The number of nitrogens with one attached hydrogen (secondary N) is 1. The van der Waals surface area contributed by atoms with Crippen molar-refractivity contribution >= 4 is 11.9 Å². The Labute approximate surface area is 154 Å². The molecule has 0 aromatic carbocycles. The lowest BCUT2D eigenvalue weighted by atomic mass is 9.66. The normalized spacial score (nSPS) is 31.2. The zero-order chi connectivity index (χ0) is 18.7. The molecular formula is C19H29N3O4. The second-order valence-electron chi connectivity index (χ2n) is 7.56. The maximum atomic E-state index is 12.0. The smallest absolute Gasteiger partial charge is 0.356 e. The summed E-state index contributed by atoms with van der Waals surface area (Å²) in [6, 6.07) is -0.151. The van der Waals surface area contributed by atoms with Gasteiger partial charge in [-0.2, -0.15) is 0 Å². The van der Waals surface area contributed by atoms with Crippen LogP contribution < -0.4 is 5.32 Å². The van der Waals surface area contributed by atoms with Gasteiger partial charge in [-0.25, -0.2) is 9.78 Å². The molecule has 2 heterocycles. The first-order valence-corrected chi connectivity index (χ1v) is 9.69. The highest BCUT2D eigenvalue weighted by Crippen LogP contribution is 2.42. The van der Waals surface area contributed by atoms with Crippen molar-refractivity contribution in [3.05, 3.63) is 18.2 Å². The van der Waals surface area contributed by atoms with Crippen LogP contribution in [0, 0.1) is 17.8 Å². The summed E-state index contributed by atoms with van der Waals surface area (Å²) in [5.74, 6) is 0.333. The first-order valence-electron chi connectivity index (χ1n) is 9.69. The van der Waals surface area contributed by atoms with Crippen LogP contribution in [-0.4, -0.2) is 45.3 Å². The molecular weight excluding hydrogens is 334 g/mol. The van der Waals surface area contributed by atoms with E-state index in [0.717, 1.165) is 32.2 Å². The van der Waals surface area contributed by atoms with Crippen molar-refractivity contribution in [1.29, 1.82) is 0 Å². The van der Waals surface area contributed by atoms with Crippen molar-refractivity contribution in [2.45, 2.75) is 64.6 Å². The number of aliphatic carboxylic acids is 1. The van der Waals surface area contributed by atoms with Crippen LogP contribution in [-0.2, 0) is 16.1 Å². The average Bonchev–Trinajstić information content (AvgIpc) is 3.08. The predicted molar refractivity (Wildman–Crippen MR) is 95.8 cm³/mol. The number of carboxylic acids is 1. The molecule has 0 spiro atoms. The molecule has 2 fully saturated rings. The molecule has 1 aliphatic heterocycles. The largest absolute Gasteiger partial charge is 0.480 e. The van der Waals surface area contributed by atoms with Crippen molar-refractivity contribution in [2.24, 2.45) is 17.8 Å². The minimum Gasteiger partial charge on any atom is -0.480 e. The van der Waals surface area contributed by atoms with Gasteiger partial charge in [-0.1, -0.05) is 6.92 Å². The van der Waals surface area contributed by atoms with Crippen molar-refractivity contribution in [1.82, 2.24) is 14.9 Å². The monoisotopic (exact) mass is 363 g/mol. The van der Waals surface area contributed by atoms with E-state index in [-0.39, 0.29) is 5.97 Å². The van der Waals surface area contributed by atoms with E-state index in [0.29, 0.717) is 42.5 Å². The molecule has 7 nitrogen and oxygen atoms in total. The van der Waals surface area contributed by atoms with Crippen LogP contribution in [0.25, 0.3) is 0 Å². The van der Waals surface area contributed by atoms with Crippen molar-refractivity contribution in [2.75, 3.05) is 6.61 Å². The third-order valence-corrected chi connectivity index (χ3v) is 6.01. The Hall–Kier alpha value is -1.89. The number of esters is 1. The summed E-state index contributed by atoms with van der Waals surface area (Å²) in [6.07, 6.45) is 8.12. The van der Waals surface area contributed by atoms with Gasteiger partial charge in [0.2, 0.25) is 0 Å². The number of imidazole rings is 1. The van der Waals surface area contributed by atoms with E-state index >= 15 is 0 Å². The summed E-state index contributed by atoms with van der Waals surface area (Å²) in [4.78, 5) is 27.6. The third kappa shape index (κ3) is 3.92. The molecule has 144 valence electrons. The number of nitrogens with zero attached hydrogens (tertiary/aromatic N) is 2. The molecule has 1 saturated carbocycles. The molecule has 1 aromatic heterocycles. The molecule has 26 heavy (non-hydrogen) atoms. The predicted octanol–water partition coefficient (Wildman–Crippen LogP) is 2.32. The van der Waals surface area contributed by atoms with Crippen LogP contribution in [0.3, 0.4) is 0 Å². The lowest BCUT2D eigenvalue weighted by Gasteiger charge is -2.46. The Morgan fingerprint density at radius 2 is 2.15 bits per heavy atom. The van der Waals surface area contributed by atoms with E-state index in [1.54, 1.807) is 19.4 Å². The fourth-order valence-electron chi connectivity index (χ4n) is 4.82. The van der Waals surface area contributed by atoms with Gasteiger partial charge in [-0.05, 0) is 56.8 Å². The van der Waals surface area contributed by atoms with Crippen molar-refractivity contribution < 1.29 is 19.4 Å². The summed E-state index contributed by atoms with van der Waals surface area (Å²) < 4.78 is 6.98. The highest BCUT2D eigenvalue weighted by molar-refractivity contribution is 5.87. The van der Waals surface area contributed by atoms with E-state index in [1.165, 1.54) is 0 Å². The Morgan fingerprint density at radius 1 is 1.35 bits per heavy atom. The molecule has 2 N–H and O–H groups in total. The van der Waals surface area contributed by atoms with Gasteiger partial charge in [0.1, 0.15) is 11.7 Å². The number of ether oxygens (including phenoxy) is 1. The van der Waals surface area contributed by atoms with Crippen molar-refractivity contribution in [3.8, 4) is 0 Å². The minimum absolute atomic E-state index is 0.291. The fourth-order valence-corrected chi connectivity index (χ4v) is 4.82. The number of piperidine rings is 1. The second kappa shape index (κ2) is 8.20. The molecule has 2 aliphatic rings. The van der Waals surface area contributed by atoms with Crippen LogP contribution in [0.15, 0.2) is 12.5 Å². The number of hydrogen-bond donors (Lipinski definition) is 2. The first-order chi connectivity index (χ1) is 12.5. The van der Waals surface area contributed by atoms with Crippen molar-refractivity contribution in [3.63, 3.8) is 0 Å². The van der Waals surface area contributed by atoms with Gasteiger partial charge >= 0.3 is 11.9 Å². The standard InChI is InChI=1S/C19H29N3O4/c1-3-15-14-6-5-12(7-13(14)8-16(21-15)18(23)24)10-22-11-20-9-17(22)19(25)26-4-2/h9,11-16,21H,3-8,10H2,1-2H3,(H,23,24)/t12-,13+,14+,15?,16-/m0/s1. The lowest BCUT2D eigenvalue weighted by molar-refractivity contribution is -0.142. The van der Waals surface area contributed by atoms with E-state index < -0.39 is 12.0 Å². The molecule has 5 atom stereocenters. The van der Waals surface area contributed by atoms with Crippen LogP contribution in [0.2, 0.25) is 0 Å². The topological polar surface area (TPSA) is 93.5 Å². The molecule has 0 radical (unpaired) electrons. The molecule has 0 amide bonds. The Morgan fingerprint density at radius 3 is 2.85 bits per heavy atom. The van der Waals surface area contributed by atoms with E-state index in [4.69, 9.17) is 4.74 Å². The van der Waals surface area contributed by atoms with Gasteiger partial charge in [0.25, 0.3) is 0 Å². The average molecular weight is 363 g/mol. The number of hydrogen-bond acceptors (Lipinski definition) is 5. The number of carbonyl (C=O) groups excluding carboxylic acids is 1. The SMILES string of the molecule is CCOC(=O)c1cncn1C[C@H]1CC[C@H]2C(CC)N[C@H](C(=O)O)C[C@H]2C1. The first kappa shape index (κ1) is 18.9. The highest BCUT2D eigenvalue weighted by atomic mass is 16.5. The lowest BCUT2D eigenvalue weighted by Crippen LogP contribution is -2.55. The fraction of sp³-hybridized carbons (Fsp3) is 0.737. The van der Waals surface area contributed by atoms with Crippen LogP contribution >= 0.6 is 0 Å². The summed E-state index contributed by atoms with van der Waals surface area (Å²) in [7, 11) is 0. The number of carbonyl (C=O) groups is 2. The maximum absolute atomic E-state index is 12.0. The second-order valence-corrected chi connectivity index (χ2v) is 7.56. The zero-order valence-corrected chi connectivity index (χ0v) is 15.6. The number of carboxylic acid groups (broad SMARTS) is 1. The van der Waals surface area contributed by atoms with Crippen LogP contribution in [0.1, 0.15) is 56.4 Å². The van der Waals surface area contributed by atoms with Gasteiger partial charge in [0, 0.05) is 12.6 Å². The molecule has 3 rings (SSSR count). The minimum atomic E-state index is -0.747. The van der Waals surface area contributed by atoms with Gasteiger partial charge in [0.05, 0.1) is 19.1 Å². The third-order valence-electron chi connectivity index (χ3n) is 6.01. The Balaban J connectivity index is 1.67. The van der Waals surface area contributed by atoms with Gasteiger partial charge in [-0.15, -0.1) is 0 Å². The molecule has 1 unspecified atom stereocenters. The maximum Gasteiger partial charge on any atom is 0.356 e. The Kier molecular flexibility index (Phi) is 5.96. The van der Waals surface area contributed by atoms with E-state index in [2.05, 4.69) is 17.2 Å². The molecule has 1 saturated heterocycles. The summed E-state index contributed by atoms with van der Waals surface area (Å²) in [5.41, 5.74) is 0.495. The molecule has 0 bridgehead atoms. The number of fused-ring (bicyclic) bond motifs is 1. The molecule has 1 aliphatic carbocycles. The highest BCUT2D eigenvalue weighted by Gasteiger charge is 2.42. The zero-order valence-electron chi connectivity index (χ0n) is 15.6. The van der Waals surface area contributed by atoms with Gasteiger partial charge < -0.3 is 19.7 Å². The Bertz CT molecular complexity index is 644. The summed E-state index contributed by atoms with van der Waals surface area (Å²) in [5, 5.41) is 12.8.